The summed E-state index contributed by atoms with van der Waals surface area (Å²) in [6, 6.07) is -0.0570. The van der Waals surface area contributed by atoms with E-state index in [1.165, 1.54) is 127 Å². The predicted molar refractivity (Wildman–Crippen MR) is 150 cm³/mol. The number of carbonyl (C=O) groups is 2. The van der Waals surface area contributed by atoms with Gasteiger partial charge >= 0.3 is 6.03 Å². The summed E-state index contributed by atoms with van der Waals surface area (Å²) in [6.45, 7) is 10.1. The molecule has 2 heterocycles. The number of urea groups is 1. The highest BCUT2D eigenvalue weighted by Gasteiger charge is 2.51. The molecule has 2 rings (SSSR count). The molecule has 0 radical (unpaired) electrons. The summed E-state index contributed by atoms with van der Waals surface area (Å²) in [5.41, 5.74) is 0. The van der Waals surface area contributed by atoms with Crippen molar-refractivity contribution in [3.63, 3.8) is 0 Å². The van der Waals surface area contributed by atoms with Crippen LogP contribution >= 0.6 is 0 Å². The van der Waals surface area contributed by atoms with Gasteiger partial charge in [0.25, 0.3) is 0 Å². The SMILES string of the molecule is CCCCCCCCC(C)CCCC.CCCCCCCCCCCCN1C(=O)N2C(=O)CCC12. The highest BCUT2D eigenvalue weighted by Crippen LogP contribution is 2.32. The maximum atomic E-state index is 11.8. The smallest absolute Gasteiger partial charge is 0.303 e. The average Bonchev–Trinajstić information content (AvgIpc) is 3.20. The first-order valence-electron chi connectivity index (χ1n) is 15.7. The van der Waals surface area contributed by atoms with Gasteiger partial charge in [0.1, 0.15) is 6.17 Å². The van der Waals surface area contributed by atoms with Gasteiger partial charge in [0, 0.05) is 13.0 Å². The quantitative estimate of drug-likeness (QED) is 0.150. The van der Waals surface area contributed by atoms with Crippen LogP contribution in [0.15, 0.2) is 0 Å². The summed E-state index contributed by atoms with van der Waals surface area (Å²) >= 11 is 0. The molecule has 0 aromatic rings. The molecule has 206 valence electrons. The molecule has 0 bridgehead atoms. The number of fused-ring (bicyclic) bond motifs is 1. The fourth-order valence-electron chi connectivity index (χ4n) is 5.39. The lowest BCUT2D eigenvalue weighted by molar-refractivity contribution is -0.132. The third-order valence-electron chi connectivity index (χ3n) is 7.85. The van der Waals surface area contributed by atoms with Crippen molar-refractivity contribution in [2.45, 2.75) is 175 Å². The van der Waals surface area contributed by atoms with Gasteiger partial charge in [0.15, 0.2) is 0 Å². The zero-order chi connectivity index (χ0) is 25.7. The van der Waals surface area contributed by atoms with Crippen LogP contribution < -0.4 is 0 Å². The van der Waals surface area contributed by atoms with E-state index in [1.54, 1.807) is 0 Å². The van der Waals surface area contributed by atoms with Crippen LogP contribution in [-0.2, 0) is 4.79 Å². The van der Waals surface area contributed by atoms with Crippen LogP contribution in [0.3, 0.4) is 0 Å². The lowest BCUT2D eigenvalue weighted by Crippen LogP contribution is -2.65. The minimum Gasteiger partial charge on any atom is -0.303 e. The number of carbonyl (C=O) groups excluding carboxylic acids is 2. The number of amides is 3. The van der Waals surface area contributed by atoms with E-state index in [9.17, 15) is 9.59 Å². The molecule has 2 aliphatic heterocycles. The molecular formula is C31H60N2O2. The standard InChI is InChI=1S/C17H30N2O2.C14H30/c1-2-3-4-5-6-7-8-9-10-11-14-18-15-12-13-16(20)19(15)17(18)21;1-4-6-8-9-10-11-13-14(3)12-7-5-2/h15H,2-14H2,1H3;14H,4-13H2,1-3H3. The van der Waals surface area contributed by atoms with Gasteiger partial charge < -0.3 is 4.90 Å². The molecule has 0 spiro atoms. The minimum absolute atomic E-state index is 0.0179. The van der Waals surface area contributed by atoms with Gasteiger partial charge in [0.2, 0.25) is 5.91 Å². The van der Waals surface area contributed by atoms with E-state index in [0.29, 0.717) is 6.42 Å². The highest BCUT2D eigenvalue weighted by molar-refractivity contribution is 6.00. The molecule has 2 unspecified atom stereocenters. The minimum atomic E-state index is -0.0570. The Labute approximate surface area is 219 Å². The molecule has 0 saturated carbocycles. The molecule has 2 saturated heterocycles. The van der Waals surface area contributed by atoms with Gasteiger partial charge in [-0.15, -0.1) is 0 Å². The van der Waals surface area contributed by atoms with E-state index in [-0.39, 0.29) is 18.1 Å². The second kappa shape index (κ2) is 21.1. The van der Waals surface area contributed by atoms with E-state index in [0.717, 1.165) is 25.3 Å². The molecular weight excluding hydrogens is 432 g/mol. The second-order valence-corrected chi connectivity index (χ2v) is 11.2. The van der Waals surface area contributed by atoms with Crippen LogP contribution in [0.5, 0.6) is 0 Å². The molecule has 4 heteroatoms. The van der Waals surface area contributed by atoms with Crippen LogP contribution in [0, 0.1) is 5.92 Å². The van der Waals surface area contributed by atoms with Crippen molar-refractivity contribution in [2.24, 2.45) is 5.92 Å². The van der Waals surface area contributed by atoms with Crippen molar-refractivity contribution in [3.05, 3.63) is 0 Å². The first kappa shape index (κ1) is 32.0. The van der Waals surface area contributed by atoms with Crippen LogP contribution in [0.1, 0.15) is 169 Å². The van der Waals surface area contributed by atoms with Gasteiger partial charge in [-0.05, 0) is 18.8 Å². The van der Waals surface area contributed by atoms with Gasteiger partial charge in [0.05, 0.1) is 0 Å². The lowest BCUT2D eigenvalue weighted by Gasteiger charge is -2.45. The van der Waals surface area contributed by atoms with E-state index < -0.39 is 0 Å². The third-order valence-corrected chi connectivity index (χ3v) is 7.85. The van der Waals surface area contributed by atoms with Crippen molar-refractivity contribution >= 4 is 11.9 Å². The van der Waals surface area contributed by atoms with Crippen LogP contribution in [0.2, 0.25) is 0 Å². The summed E-state index contributed by atoms with van der Waals surface area (Å²) in [6.07, 6.45) is 29.0. The Morgan fingerprint density at radius 1 is 0.657 bits per heavy atom. The Balaban J connectivity index is 0.000000383. The van der Waals surface area contributed by atoms with E-state index in [1.807, 2.05) is 4.90 Å². The lowest BCUT2D eigenvalue weighted by atomic mass is 9.97. The second-order valence-electron chi connectivity index (χ2n) is 11.2. The van der Waals surface area contributed by atoms with Crippen molar-refractivity contribution in [2.75, 3.05) is 6.54 Å². The summed E-state index contributed by atoms with van der Waals surface area (Å²) in [5.74, 6) is 0.991. The molecule has 35 heavy (non-hydrogen) atoms. The normalized spacial score (nSPS) is 17.8. The molecule has 0 aromatic heterocycles. The first-order chi connectivity index (χ1) is 17.1. The topological polar surface area (TPSA) is 40.6 Å². The van der Waals surface area contributed by atoms with Crippen LogP contribution in [-0.4, -0.2) is 34.4 Å². The Kier molecular flexibility index (Phi) is 19.2. The average molecular weight is 493 g/mol. The third kappa shape index (κ3) is 13.7. The monoisotopic (exact) mass is 492 g/mol. The highest BCUT2D eigenvalue weighted by atomic mass is 16.2. The van der Waals surface area contributed by atoms with Gasteiger partial charge in [-0.2, -0.15) is 0 Å². The van der Waals surface area contributed by atoms with Crippen LogP contribution in [0.25, 0.3) is 0 Å². The summed E-state index contributed by atoms with van der Waals surface area (Å²) < 4.78 is 0. The first-order valence-corrected chi connectivity index (χ1v) is 15.7. The Morgan fingerprint density at radius 2 is 1.11 bits per heavy atom. The number of hydrogen-bond acceptors (Lipinski definition) is 2. The van der Waals surface area contributed by atoms with E-state index in [4.69, 9.17) is 0 Å². The number of nitrogens with zero attached hydrogens (tertiary/aromatic N) is 2. The molecule has 4 nitrogen and oxygen atoms in total. The number of imide groups is 1. The van der Waals surface area contributed by atoms with E-state index >= 15 is 0 Å². The van der Waals surface area contributed by atoms with Crippen LogP contribution in [0.4, 0.5) is 4.79 Å². The Morgan fingerprint density at radius 3 is 1.66 bits per heavy atom. The molecule has 2 aliphatic rings. The maximum Gasteiger partial charge on any atom is 0.330 e. The van der Waals surface area contributed by atoms with Crippen molar-refractivity contribution in [1.82, 2.24) is 9.80 Å². The zero-order valence-electron chi connectivity index (χ0n) is 24.1. The number of unbranched alkanes of at least 4 members (excludes halogenated alkanes) is 15. The van der Waals surface area contributed by atoms with Gasteiger partial charge in [-0.1, -0.05) is 150 Å². The molecule has 0 aliphatic carbocycles. The summed E-state index contributed by atoms with van der Waals surface area (Å²) in [4.78, 5) is 26.5. The fraction of sp³-hybridized carbons (Fsp3) is 0.935. The van der Waals surface area contributed by atoms with E-state index in [2.05, 4.69) is 27.7 Å². The molecule has 0 aromatic carbocycles. The number of rotatable bonds is 21. The van der Waals surface area contributed by atoms with Gasteiger partial charge in [-0.25, -0.2) is 9.69 Å². The fourth-order valence-corrected chi connectivity index (χ4v) is 5.39. The van der Waals surface area contributed by atoms with Crippen molar-refractivity contribution < 1.29 is 9.59 Å². The molecule has 2 atom stereocenters. The van der Waals surface area contributed by atoms with Crippen molar-refractivity contribution in [1.29, 1.82) is 0 Å². The predicted octanol–water partition coefficient (Wildman–Crippen LogP) is 9.85. The molecule has 2 fully saturated rings. The summed E-state index contributed by atoms with van der Waals surface area (Å²) in [5, 5.41) is 0. The summed E-state index contributed by atoms with van der Waals surface area (Å²) in [7, 11) is 0. The largest absolute Gasteiger partial charge is 0.330 e. The van der Waals surface area contributed by atoms with Crippen molar-refractivity contribution in [3.8, 4) is 0 Å². The van der Waals surface area contributed by atoms with Gasteiger partial charge in [-0.3, -0.25) is 4.79 Å². The zero-order valence-corrected chi connectivity index (χ0v) is 24.1. The Hall–Kier alpha value is -1.06. The Bertz CT molecular complexity index is 536. The maximum absolute atomic E-state index is 11.8. The molecule has 0 N–H and O–H groups in total. The number of hydrogen-bond donors (Lipinski definition) is 0. The molecule has 3 amide bonds.